The topological polar surface area (TPSA) is 79.9 Å². The Morgan fingerprint density at radius 2 is 1.71 bits per heavy atom. The molecule has 2 heterocycles. The Morgan fingerprint density at radius 3 is 2.37 bits per heavy atom. The molecule has 9 heteroatoms. The molecule has 0 bridgehead atoms. The van der Waals surface area contributed by atoms with Crippen molar-refractivity contribution in [1.29, 1.82) is 0 Å². The number of anilines is 1. The van der Waals surface area contributed by atoms with Crippen molar-refractivity contribution in [1.82, 2.24) is 14.8 Å². The van der Waals surface area contributed by atoms with Gasteiger partial charge in [0.1, 0.15) is 6.73 Å². The molecule has 0 atom stereocenters. The number of benzene rings is 2. The van der Waals surface area contributed by atoms with E-state index < -0.39 is 13.8 Å². The maximum absolute atomic E-state index is 13.3. The molecule has 204 valence electrons. The number of ether oxygens (including phenoxy) is 1. The summed E-state index contributed by atoms with van der Waals surface area (Å²) < 4.78 is 13.0. The number of carbonyl (C=O) groups is 1. The van der Waals surface area contributed by atoms with E-state index in [4.69, 9.17) is 9.15 Å². The van der Waals surface area contributed by atoms with Crippen molar-refractivity contribution in [3.05, 3.63) is 64.6 Å². The van der Waals surface area contributed by atoms with Gasteiger partial charge in [-0.25, -0.2) is 14.2 Å². The molecule has 2 aromatic carbocycles. The molecular weight excluding hydrogens is 496 g/mol. The molecule has 5 rings (SSSR count). The van der Waals surface area contributed by atoms with Crippen LogP contribution in [0.2, 0.25) is 25.7 Å². The van der Waals surface area contributed by atoms with E-state index in [1.807, 2.05) is 18.2 Å². The Kier molecular flexibility index (Phi) is 7.04. The standard InChI is InChI=1S/C29H40N4O4Si/c1-31(2)29(22-10-7-6-8-11-22)16-14-28(15-17-29)20-32(26(34)30-28)23-12-9-13-24-25(23)37-27(35)33(24)21-36-18-19-38(3,4)5/h6-13H,14-21H2,1-5H3,(H,30,34)/t28-,29+. The van der Waals surface area contributed by atoms with Crippen molar-refractivity contribution in [2.45, 2.75) is 69.2 Å². The van der Waals surface area contributed by atoms with Crippen LogP contribution in [0.5, 0.6) is 0 Å². The molecule has 0 unspecified atom stereocenters. The number of hydrogen-bond acceptors (Lipinski definition) is 5. The van der Waals surface area contributed by atoms with Crippen LogP contribution < -0.4 is 16.0 Å². The average molecular weight is 537 g/mol. The molecule has 0 radical (unpaired) electrons. The molecule has 1 saturated carbocycles. The van der Waals surface area contributed by atoms with E-state index in [-0.39, 0.29) is 23.8 Å². The molecule has 8 nitrogen and oxygen atoms in total. The zero-order valence-electron chi connectivity index (χ0n) is 23.3. The van der Waals surface area contributed by atoms with E-state index in [9.17, 15) is 9.59 Å². The Balaban J connectivity index is 1.35. The molecule has 2 aliphatic rings. The maximum Gasteiger partial charge on any atom is 0.421 e. The van der Waals surface area contributed by atoms with Crippen molar-refractivity contribution >= 4 is 30.9 Å². The van der Waals surface area contributed by atoms with Gasteiger partial charge in [-0.2, -0.15) is 0 Å². The largest absolute Gasteiger partial charge is 0.421 e. The van der Waals surface area contributed by atoms with Crippen LogP contribution in [0.3, 0.4) is 0 Å². The van der Waals surface area contributed by atoms with E-state index in [0.717, 1.165) is 31.7 Å². The predicted molar refractivity (Wildman–Crippen MR) is 153 cm³/mol. The van der Waals surface area contributed by atoms with Gasteiger partial charge >= 0.3 is 11.8 Å². The van der Waals surface area contributed by atoms with Gasteiger partial charge in [0.2, 0.25) is 0 Å². The average Bonchev–Trinajstić information content (AvgIpc) is 3.37. The lowest BCUT2D eigenvalue weighted by Gasteiger charge is -2.48. The van der Waals surface area contributed by atoms with Crippen molar-refractivity contribution in [2.24, 2.45) is 0 Å². The highest BCUT2D eigenvalue weighted by Crippen LogP contribution is 2.46. The first-order chi connectivity index (χ1) is 18.0. The van der Waals surface area contributed by atoms with Gasteiger partial charge in [-0.1, -0.05) is 56.0 Å². The van der Waals surface area contributed by atoms with E-state index >= 15 is 0 Å². The molecule has 1 N–H and O–H groups in total. The SMILES string of the molecule is CN(C)[C@]1(c2ccccc2)CC[C@]2(CC1)CN(c1cccc3c1oc(=O)n3COCC[Si](C)(C)C)C(=O)N2. The van der Waals surface area contributed by atoms with Crippen LogP contribution in [-0.4, -0.2) is 56.4 Å². The molecule has 1 spiro atoms. The van der Waals surface area contributed by atoms with E-state index in [0.29, 0.717) is 29.9 Å². The molecule has 3 aromatic rings. The van der Waals surface area contributed by atoms with Crippen LogP contribution in [0.15, 0.2) is 57.7 Å². The molecular formula is C29H40N4O4Si. The summed E-state index contributed by atoms with van der Waals surface area (Å²) in [6, 6.07) is 17.1. The highest BCUT2D eigenvalue weighted by atomic mass is 28.3. The van der Waals surface area contributed by atoms with Gasteiger partial charge in [0.25, 0.3) is 0 Å². The molecule has 1 aromatic heterocycles. The number of para-hydroxylation sites is 1. The number of nitrogens with one attached hydrogen (secondary N) is 1. The summed E-state index contributed by atoms with van der Waals surface area (Å²) in [5.41, 5.74) is 2.67. The number of hydrogen-bond donors (Lipinski definition) is 1. The molecule has 1 aliphatic heterocycles. The number of fused-ring (bicyclic) bond motifs is 1. The highest BCUT2D eigenvalue weighted by Gasteiger charge is 2.50. The minimum atomic E-state index is -1.23. The molecule has 2 amide bonds. The van der Waals surface area contributed by atoms with Gasteiger partial charge in [0.05, 0.1) is 23.3 Å². The number of oxazole rings is 1. The normalized spacial score (nSPS) is 24.1. The summed E-state index contributed by atoms with van der Waals surface area (Å²) in [5.74, 6) is -0.467. The van der Waals surface area contributed by atoms with E-state index in [1.54, 1.807) is 4.90 Å². The monoisotopic (exact) mass is 536 g/mol. The van der Waals surface area contributed by atoms with Crippen molar-refractivity contribution in [3.63, 3.8) is 0 Å². The second-order valence-electron chi connectivity index (χ2n) is 12.4. The Morgan fingerprint density at radius 1 is 1.00 bits per heavy atom. The molecule has 38 heavy (non-hydrogen) atoms. The summed E-state index contributed by atoms with van der Waals surface area (Å²) in [4.78, 5) is 30.1. The first-order valence-electron chi connectivity index (χ1n) is 13.6. The third-order valence-corrected chi connectivity index (χ3v) is 10.2. The number of urea groups is 1. The smallest absolute Gasteiger partial charge is 0.405 e. The highest BCUT2D eigenvalue weighted by molar-refractivity contribution is 6.76. The van der Waals surface area contributed by atoms with E-state index in [1.165, 1.54) is 10.1 Å². The first-order valence-corrected chi connectivity index (χ1v) is 17.3. The fourth-order valence-electron chi connectivity index (χ4n) is 6.01. The minimum absolute atomic E-state index is 0.0514. The number of nitrogens with zero attached hydrogens (tertiary/aromatic N) is 3. The van der Waals surface area contributed by atoms with Crippen LogP contribution in [0.25, 0.3) is 11.1 Å². The van der Waals surface area contributed by atoms with Crippen molar-refractivity contribution in [2.75, 3.05) is 32.1 Å². The third kappa shape index (κ3) is 4.94. The number of carbonyl (C=O) groups excluding carboxylic acids is 1. The summed E-state index contributed by atoms with van der Waals surface area (Å²) in [5, 5.41) is 3.31. The van der Waals surface area contributed by atoms with Crippen molar-refractivity contribution < 1.29 is 13.9 Å². The van der Waals surface area contributed by atoms with Crippen LogP contribution in [-0.2, 0) is 17.0 Å². The second kappa shape index (κ2) is 10.0. The van der Waals surface area contributed by atoms with Crippen molar-refractivity contribution in [3.8, 4) is 0 Å². The fraction of sp³-hybridized carbons (Fsp3) is 0.517. The third-order valence-electron chi connectivity index (χ3n) is 8.46. The Hall–Kier alpha value is -2.88. The van der Waals surface area contributed by atoms with Gasteiger partial charge in [0.15, 0.2) is 5.58 Å². The second-order valence-corrected chi connectivity index (χ2v) is 18.0. The summed E-state index contributed by atoms with van der Waals surface area (Å²) in [6.07, 6.45) is 3.63. The molecule has 1 aliphatic carbocycles. The Labute approximate surface area is 225 Å². The van der Waals surface area contributed by atoms with Crippen LogP contribution >= 0.6 is 0 Å². The summed E-state index contributed by atoms with van der Waals surface area (Å²) in [7, 11) is 3.07. The fourth-order valence-corrected chi connectivity index (χ4v) is 6.77. The summed E-state index contributed by atoms with van der Waals surface area (Å²) in [6.45, 7) is 8.19. The Bertz CT molecular complexity index is 1350. The maximum atomic E-state index is 13.3. The number of amides is 2. The molecule has 1 saturated heterocycles. The summed E-state index contributed by atoms with van der Waals surface area (Å²) >= 11 is 0. The van der Waals surface area contributed by atoms with Crippen LogP contribution in [0.4, 0.5) is 10.5 Å². The first kappa shape index (κ1) is 26.7. The van der Waals surface area contributed by atoms with Crippen LogP contribution in [0, 0.1) is 0 Å². The number of aromatic nitrogens is 1. The van der Waals surface area contributed by atoms with Gasteiger partial charge < -0.3 is 14.5 Å². The zero-order valence-corrected chi connectivity index (χ0v) is 24.3. The van der Waals surface area contributed by atoms with Gasteiger partial charge in [-0.3, -0.25) is 9.80 Å². The van der Waals surface area contributed by atoms with Gasteiger partial charge in [-0.15, -0.1) is 0 Å². The lowest BCUT2D eigenvalue weighted by Crippen LogP contribution is -2.54. The molecule has 2 fully saturated rings. The number of rotatable bonds is 8. The van der Waals surface area contributed by atoms with Crippen LogP contribution in [0.1, 0.15) is 31.2 Å². The quantitative estimate of drug-likeness (QED) is 0.316. The minimum Gasteiger partial charge on any atom is -0.405 e. The van der Waals surface area contributed by atoms with E-state index in [2.05, 4.69) is 74.3 Å². The predicted octanol–water partition coefficient (Wildman–Crippen LogP) is 5.21. The lowest BCUT2D eigenvalue weighted by atomic mass is 9.69. The van der Waals surface area contributed by atoms with Gasteiger partial charge in [0, 0.05) is 20.2 Å². The zero-order chi connectivity index (χ0) is 27.1. The lowest BCUT2D eigenvalue weighted by molar-refractivity contribution is 0.0658. The van der Waals surface area contributed by atoms with Gasteiger partial charge in [-0.05, 0) is 63.5 Å².